The Balaban J connectivity index is 2.04. The Kier molecular flexibility index (Phi) is 3.32. The quantitative estimate of drug-likeness (QED) is 0.898. The Labute approximate surface area is 119 Å². The zero-order chi connectivity index (χ0) is 14.1. The van der Waals surface area contributed by atoms with Gasteiger partial charge in [-0.2, -0.15) is 0 Å². The van der Waals surface area contributed by atoms with Crippen molar-refractivity contribution >= 4 is 5.82 Å². The summed E-state index contributed by atoms with van der Waals surface area (Å²) in [6.45, 7) is 2.73. The molecule has 4 heteroatoms. The average molecular weight is 269 g/mol. The molecule has 20 heavy (non-hydrogen) atoms. The molecule has 3 rings (SSSR count). The van der Waals surface area contributed by atoms with Crippen LogP contribution in [-0.2, 0) is 0 Å². The number of likely N-dealkylation sites (N-methyl/N-ethyl adjacent to an activating group) is 1. The van der Waals surface area contributed by atoms with E-state index in [1.807, 2.05) is 31.3 Å². The van der Waals surface area contributed by atoms with E-state index < -0.39 is 0 Å². The molecule has 104 valence electrons. The van der Waals surface area contributed by atoms with Crippen LogP contribution in [0.2, 0.25) is 0 Å². The fourth-order valence-electron chi connectivity index (χ4n) is 3.01. The minimum absolute atomic E-state index is 0.104. The first-order chi connectivity index (χ1) is 9.72. The summed E-state index contributed by atoms with van der Waals surface area (Å²) in [5.41, 5.74) is 9.55. The number of aryl methyl sites for hydroxylation is 1. The van der Waals surface area contributed by atoms with E-state index in [0.29, 0.717) is 12.4 Å². The van der Waals surface area contributed by atoms with Crippen LogP contribution >= 0.6 is 0 Å². The third kappa shape index (κ3) is 2.02. The van der Waals surface area contributed by atoms with Crippen molar-refractivity contribution in [1.29, 1.82) is 0 Å². The Morgan fingerprint density at radius 1 is 1.35 bits per heavy atom. The lowest BCUT2D eigenvalue weighted by Crippen LogP contribution is -2.27. The minimum atomic E-state index is 0.104. The number of aromatic nitrogens is 1. The predicted molar refractivity (Wildman–Crippen MR) is 79.9 cm³/mol. The van der Waals surface area contributed by atoms with E-state index in [9.17, 15) is 0 Å². The summed E-state index contributed by atoms with van der Waals surface area (Å²) in [5.74, 6) is 1.81. The molecule has 2 unspecified atom stereocenters. The molecule has 0 amide bonds. The zero-order valence-corrected chi connectivity index (χ0v) is 11.8. The molecule has 4 nitrogen and oxygen atoms in total. The predicted octanol–water partition coefficient (Wildman–Crippen LogP) is 2.41. The molecule has 1 aliphatic rings. The largest absolute Gasteiger partial charge is 0.493 e. The number of pyridine rings is 1. The first-order valence-electron chi connectivity index (χ1n) is 6.82. The SMILES string of the molecule is CNC(c1c(C)ccnc1N)C1COc2ccccc21. The number of ether oxygens (including phenoxy) is 1. The Bertz CT molecular complexity index is 607. The smallest absolute Gasteiger partial charge is 0.128 e. The molecule has 0 saturated carbocycles. The van der Waals surface area contributed by atoms with Gasteiger partial charge in [0, 0.05) is 29.3 Å². The lowest BCUT2D eigenvalue weighted by molar-refractivity contribution is 0.304. The van der Waals surface area contributed by atoms with Crippen LogP contribution in [0.15, 0.2) is 36.5 Å². The van der Waals surface area contributed by atoms with E-state index in [1.54, 1.807) is 6.20 Å². The number of rotatable bonds is 3. The summed E-state index contributed by atoms with van der Waals surface area (Å²) in [7, 11) is 1.96. The van der Waals surface area contributed by atoms with E-state index in [-0.39, 0.29) is 12.0 Å². The van der Waals surface area contributed by atoms with Gasteiger partial charge in [-0.1, -0.05) is 18.2 Å². The number of nitrogen functional groups attached to an aromatic ring is 1. The van der Waals surface area contributed by atoms with E-state index in [1.165, 1.54) is 5.56 Å². The number of hydrogen-bond donors (Lipinski definition) is 2. The molecule has 0 spiro atoms. The van der Waals surface area contributed by atoms with Crippen molar-refractivity contribution < 1.29 is 4.74 Å². The van der Waals surface area contributed by atoms with Crippen LogP contribution in [0.4, 0.5) is 5.82 Å². The normalized spacial score (nSPS) is 18.4. The summed E-state index contributed by atoms with van der Waals surface area (Å²) in [6.07, 6.45) is 1.75. The second-order valence-electron chi connectivity index (χ2n) is 5.15. The van der Waals surface area contributed by atoms with Crippen molar-refractivity contribution in [2.45, 2.75) is 18.9 Å². The molecule has 0 saturated heterocycles. The molecule has 0 aliphatic carbocycles. The summed E-state index contributed by atoms with van der Waals surface area (Å²) in [4.78, 5) is 4.23. The number of hydrogen-bond acceptors (Lipinski definition) is 4. The second kappa shape index (κ2) is 5.13. The molecule has 0 bridgehead atoms. The lowest BCUT2D eigenvalue weighted by atomic mass is 9.87. The molecule has 1 aromatic heterocycles. The Hall–Kier alpha value is -2.07. The summed E-state index contributed by atoms with van der Waals surface area (Å²) in [6, 6.07) is 10.3. The van der Waals surface area contributed by atoms with Crippen molar-refractivity contribution in [1.82, 2.24) is 10.3 Å². The number of nitrogens with two attached hydrogens (primary N) is 1. The van der Waals surface area contributed by atoms with Crippen molar-refractivity contribution in [3.63, 3.8) is 0 Å². The fraction of sp³-hybridized carbons (Fsp3) is 0.312. The first-order valence-corrected chi connectivity index (χ1v) is 6.82. The number of fused-ring (bicyclic) bond motifs is 1. The van der Waals surface area contributed by atoms with Gasteiger partial charge in [0.05, 0.1) is 6.61 Å². The maximum absolute atomic E-state index is 6.09. The zero-order valence-electron chi connectivity index (χ0n) is 11.8. The fourth-order valence-corrected chi connectivity index (χ4v) is 3.01. The highest BCUT2D eigenvalue weighted by Crippen LogP contribution is 2.42. The summed E-state index contributed by atoms with van der Waals surface area (Å²) in [5, 5.41) is 3.38. The van der Waals surface area contributed by atoms with Gasteiger partial charge in [-0.15, -0.1) is 0 Å². The van der Waals surface area contributed by atoms with Gasteiger partial charge in [0.25, 0.3) is 0 Å². The van der Waals surface area contributed by atoms with E-state index >= 15 is 0 Å². The van der Waals surface area contributed by atoms with Gasteiger partial charge in [0.15, 0.2) is 0 Å². The van der Waals surface area contributed by atoms with Gasteiger partial charge in [0.1, 0.15) is 11.6 Å². The van der Waals surface area contributed by atoms with E-state index in [0.717, 1.165) is 16.9 Å². The van der Waals surface area contributed by atoms with Crippen LogP contribution in [0.5, 0.6) is 5.75 Å². The minimum Gasteiger partial charge on any atom is -0.493 e. The maximum atomic E-state index is 6.09. The van der Waals surface area contributed by atoms with Crippen LogP contribution in [0.3, 0.4) is 0 Å². The van der Waals surface area contributed by atoms with Crippen molar-refractivity contribution in [2.24, 2.45) is 0 Å². The number of anilines is 1. The molecule has 3 N–H and O–H groups in total. The first kappa shape index (κ1) is 12.9. The highest BCUT2D eigenvalue weighted by atomic mass is 16.5. The van der Waals surface area contributed by atoms with Crippen molar-refractivity contribution in [2.75, 3.05) is 19.4 Å². The van der Waals surface area contributed by atoms with Crippen LogP contribution in [0, 0.1) is 6.92 Å². The van der Waals surface area contributed by atoms with E-state index in [2.05, 4.69) is 23.3 Å². The highest BCUT2D eigenvalue weighted by Gasteiger charge is 2.33. The number of para-hydroxylation sites is 1. The van der Waals surface area contributed by atoms with Gasteiger partial charge < -0.3 is 15.8 Å². The molecular formula is C16H19N3O. The Morgan fingerprint density at radius 3 is 2.90 bits per heavy atom. The molecular weight excluding hydrogens is 250 g/mol. The van der Waals surface area contributed by atoms with Crippen LogP contribution in [0.1, 0.15) is 28.7 Å². The molecule has 0 fully saturated rings. The molecule has 2 heterocycles. The highest BCUT2D eigenvalue weighted by molar-refractivity contribution is 5.50. The topological polar surface area (TPSA) is 60.2 Å². The van der Waals surface area contributed by atoms with E-state index in [4.69, 9.17) is 10.5 Å². The average Bonchev–Trinajstić information content (AvgIpc) is 2.87. The monoisotopic (exact) mass is 269 g/mol. The van der Waals surface area contributed by atoms with Crippen molar-refractivity contribution in [3.8, 4) is 5.75 Å². The van der Waals surface area contributed by atoms with Crippen LogP contribution in [-0.4, -0.2) is 18.6 Å². The molecule has 1 aliphatic heterocycles. The summed E-state index contributed by atoms with van der Waals surface area (Å²) >= 11 is 0. The number of benzene rings is 1. The molecule has 2 aromatic rings. The third-order valence-corrected chi connectivity index (χ3v) is 4.00. The lowest BCUT2D eigenvalue weighted by Gasteiger charge is -2.25. The third-order valence-electron chi connectivity index (χ3n) is 4.00. The molecule has 2 atom stereocenters. The Morgan fingerprint density at radius 2 is 2.15 bits per heavy atom. The molecule has 1 aromatic carbocycles. The summed E-state index contributed by atoms with van der Waals surface area (Å²) < 4.78 is 5.79. The van der Waals surface area contributed by atoms with Crippen LogP contribution in [0.25, 0.3) is 0 Å². The second-order valence-corrected chi connectivity index (χ2v) is 5.15. The van der Waals surface area contributed by atoms with Crippen molar-refractivity contribution in [3.05, 3.63) is 53.2 Å². The van der Waals surface area contributed by atoms with Gasteiger partial charge in [-0.25, -0.2) is 4.98 Å². The number of nitrogens with one attached hydrogen (secondary N) is 1. The van der Waals surface area contributed by atoms with Gasteiger partial charge in [0.2, 0.25) is 0 Å². The van der Waals surface area contributed by atoms with Gasteiger partial charge >= 0.3 is 0 Å². The van der Waals surface area contributed by atoms with Gasteiger partial charge in [-0.3, -0.25) is 0 Å². The standard InChI is InChI=1S/C16H19N3O/c1-10-7-8-19-16(17)14(10)15(18-2)12-9-20-13-6-4-3-5-11(12)13/h3-8,12,15,18H,9H2,1-2H3,(H2,17,19). The van der Waals surface area contributed by atoms with Gasteiger partial charge in [-0.05, 0) is 31.7 Å². The number of nitrogens with zero attached hydrogens (tertiary/aromatic N) is 1. The molecule has 0 radical (unpaired) electrons. The van der Waals surface area contributed by atoms with Crippen LogP contribution < -0.4 is 15.8 Å². The maximum Gasteiger partial charge on any atom is 0.128 e.